The minimum absolute atomic E-state index is 0.00200. The number of fused-ring (bicyclic) bond motifs is 1. The van der Waals surface area contributed by atoms with E-state index in [-0.39, 0.29) is 5.91 Å². The van der Waals surface area contributed by atoms with Crippen LogP contribution in [0.3, 0.4) is 0 Å². The molecule has 0 bridgehead atoms. The highest BCUT2D eigenvalue weighted by Gasteiger charge is 2.23. The maximum absolute atomic E-state index is 13.1. The van der Waals surface area contributed by atoms with Gasteiger partial charge in [-0.2, -0.15) is 0 Å². The van der Waals surface area contributed by atoms with E-state index in [1.165, 1.54) is 22.7 Å². The molecule has 4 rings (SSSR count). The number of hydrogen-bond donors (Lipinski definition) is 0. The monoisotopic (exact) mass is 421 g/mol. The highest BCUT2D eigenvalue weighted by atomic mass is 35.5. The molecular formula is C19H20ClN3O2S2. The van der Waals surface area contributed by atoms with E-state index in [1.54, 1.807) is 4.90 Å². The highest BCUT2D eigenvalue weighted by Crippen LogP contribution is 2.33. The van der Waals surface area contributed by atoms with Crippen LogP contribution >= 0.6 is 34.3 Å². The number of rotatable bonds is 6. The number of morpholine rings is 1. The molecule has 142 valence electrons. The van der Waals surface area contributed by atoms with Crippen molar-refractivity contribution in [1.82, 2.24) is 9.88 Å². The third-order valence-electron chi connectivity index (χ3n) is 4.53. The SMILES string of the molecule is O=C(c1cccs1)N(CCCN1CCOCC1)c1nc2c(Cl)cccc2s1. The Hall–Kier alpha value is -1.51. The number of thiazole rings is 1. The Balaban J connectivity index is 1.55. The summed E-state index contributed by atoms with van der Waals surface area (Å²) >= 11 is 9.25. The van der Waals surface area contributed by atoms with Gasteiger partial charge in [-0.3, -0.25) is 14.6 Å². The molecule has 0 atom stereocenters. The lowest BCUT2D eigenvalue weighted by Crippen LogP contribution is -2.39. The van der Waals surface area contributed by atoms with Crippen LogP contribution in [0, 0.1) is 0 Å². The summed E-state index contributed by atoms with van der Waals surface area (Å²) in [6, 6.07) is 9.50. The molecule has 0 aliphatic carbocycles. The van der Waals surface area contributed by atoms with Crippen LogP contribution in [-0.4, -0.2) is 55.2 Å². The fraction of sp³-hybridized carbons (Fsp3) is 0.368. The van der Waals surface area contributed by atoms with Gasteiger partial charge in [0.25, 0.3) is 5.91 Å². The Morgan fingerprint density at radius 2 is 2.11 bits per heavy atom. The van der Waals surface area contributed by atoms with Crippen LogP contribution in [0.5, 0.6) is 0 Å². The molecule has 0 spiro atoms. The fourth-order valence-corrected chi connectivity index (χ4v) is 5.07. The number of ether oxygens (including phenoxy) is 1. The first-order valence-electron chi connectivity index (χ1n) is 8.93. The Bertz CT molecular complexity index is 907. The molecule has 5 nitrogen and oxygen atoms in total. The minimum Gasteiger partial charge on any atom is -0.379 e. The molecule has 1 aromatic carbocycles. The number of benzene rings is 1. The number of anilines is 1. The quantitative estimate of drug-likeness (QED) is 0.592. The number of aromatic nitrogens is 1. The van der Waals surface area contributed by atoms with E-state index in [0.717, 1.165) is 54.4 Å². The number of nitrogens with zero attached hydrogens (tertiary/aromatic N) is 3. The number of carbonyl (C=O) groups excluding carboxylic acids is 1. The van der Waals surface area contributed by atoms with Gasteiger partial charge in [0.1, 0.15) is 5.52 Å². The Kier molecular flexibility index (Phi) is 6.04. The number of hydrogen-bond acceptors (Lipinski definition) is 6. The van der Waals surface area contributed by atoms with E-state index in [0.29, 0.717) is 16.7 Å². The summed E-state index contributed by atoms with van der Waals surface area (Å²) in [6.07, 6.45) is 0.890. The molecule has 0 unspecified atom stereocenters. The van der Waals surface area contributed by atoms with Crippen molar-refractivity contribution in [2.24, 2.45) is 0 Å². The van der Waals surface area contributed by atoms with Crippen molar-refractivity contribution in [3.63, 3.8) is 0 Å². The van der Waals surface area contributed by atoms with Gasteiger partial charge in [0.05, 0.1) is 27.8 Å². The molecule has 1 saturated heterocycles. The van der Waals surface area contributed by atoms with Gasteiger partial charge in [-0.15, -0.1) is 11.3 Å². The van der Waals surface area contributed by atoms with Crippen LogP contribution in [0.4, 0.5) is 5.13 Å². The summed E-state index contributed by atoms with van der Waals surface area (Å²) in [5, 5.41) is 3.25. The van der Waals surface area contributed by atoms with Crippen LogP contribution in [0.25, 0.3) is 10.2 Å². The molecule has 0 radical (unpaired) electrons. The summed E-state index contributed by atoms with van der Waals surface area (Å²) in [7, 11) is 0. The average molecular weight is 422 g/mol. The van der Waals surface area contributed by atoms with Crippen molar-refractivity contribution < 1.29 is 9.53 Å². The van der Waals surface area contributed by atoms with Crippen LogP contribution < -0.4 is 4.90 Å². The van der Waals surface area contributed by atoms with Crippen LogP contribution in [0.2, 0.25) is 5.02 Å². The van der Waals surface area contributed by atoms with E-state index in [4.69, 9.17) is 16.3 Å². The van der Waals surface area contributed by atoms with Gasteiger partial charge in [0.2, 0.25) is 0 Å². The summed E-state index contributed by atoms with van der Waals surface area (Å²) in [5.74, 6) is 0.00200. The molecular weight excluding hydrogens is 402 g/mol. The van der Waals surface area contributed by atoms with E-state index in [9.17, 15) is 4.79 Å². The summed E-state index contributed by atoms with van der Waals surface area (Å²) in [5.41, 5.74) is 0.760. The number of carbonyl (C=O) groups is 1. The lowest BCUT2D eigenvalue weighted by molar-refractivity contribution is 0.0376. The number of halogens is 1. The van der Waals surface area contributed by atoms with Gasteiger partial charge in [0.15, 0.2) is 5.13 Å². The predicted molar refractivity (Wildman–Crippen MR) is 113 cm³/mol. The Morgan fingerprint density at radius 3 is 2.85 bits per heavy atom. The van der Waals surface area contributed by atoms with Crippen molar-refractivity contribution in [3.05, 3.63) is 45.6 Å². The molecule has 1 aliphatic rings. The van der Waals surface area contributed by atoms with Gasteiger partial charge in [-0.05, 0) is 30.0 Å². The molecule has 8 heteroatoms. The standard InChI is InChI=1S/C19H20ClN3O2S2/c20-14-4-1-5-15-17(14)21-19(27-15)23(18(24)16-6-2-13-26-16)8-3-7-22-9-11-25-12-10-22/h1-2,4-6,13H,3,7-12H2. The summed E-state index contributed by atoms with van der Waals surface area (Å²) < 4.78 is 6.40. The molecule has 1 fully saturated rings. The fourth-order valence-electron chi connectivity index (χ4n) is 3.11. The molecule has 3 aromatic rings. The second-order valence-corrected chi connectivity index (χ2v) is 8.69. The molecule has 2 aromatic heterocycles. The first kappa shape index (κ1) is 18.8. The van der Waals surface area contributed by atoms with Crippen LogP contribution in [0.1, 0.15) is 16.1 Å². The average Bonchev–Trinajstić information content (AvgIpc) is 3.36. The topological polar surface area (TPSA) is 45.7 Å². The molecule has 1 aliphatic heterocycles. The van der Waals surface area contributed by atoms with Gasteiger partial charge in [0, 0.05) is 26.2 Å². The molecule has 1 amide bonds. The van der Waals surface area contributed by atoms with Crippen molar-refractivity contribution in [2.75, 3.05) is 44.3 Å². The van der Waals surface area contributed by atoms with Gasteiger partial charge < -0.3 is 4.74 Å². The second-order valence-electron chi connectivity index (χ2n) is 6.32. The van der Waals surface area contributed by atoms with Gasteiger partial charge in [-0.1, -0.05) is 35.1 Å². The Morgan fingerprint density at radius 1 is 1.26 bits per heavy atom. The van der Waals surface area contributed by atoms with Crippen molar-refractivity contribution in [3.8, 4) is 0 Å². The van der Waals surface area contributed by atoms with E-state index >= 15 is 0 Å². The zero-order valence-corrected chi connectivity index (χ0v) is 17.2. The zero-order chi connectivity index (χ0) is 18.6. The van der Waals surface area contributed by atoms with E-state index < -0.39 is 0 Å². The third-order valence-corrected chi connectivity index (χ3v) is 6.73. The van der Waals surface area contributed by atoms with E-state index in [1.807, 2.05) is 35.7 Å². The summed E-state index contributed by atoms with van der Waals surface area (Å²) in [6.45, 7) is 5.06. The van der Waals surface area contributed by atoms with Gasteiger partial charge >= 0.3 is 0 Å². The predicted octanol–water partition coefficient (Wildman–Crippen LogP) is 4.38. The van der Waals surface area contributed by atoms with Gasteiger partial charge in [-0.25, -0.2) is 4.98 Å². The largest absolute Gasteiger partial charge is 0.379 e. The van der Waals surface area contributed by atoms with Crippen molar-refractivity contribution >= 4 is 55.5 Å². The number of amides is 1. The first-order chi connectivity index (χ1) is 13.2. The van der Waals surface area contributed by atoms with Crippen molar-refractivity contribution in [2.45, 2.75) is 6.42 Å². The number of para-hydroxylation sites is 1. The summed E-state index contributed by atoms with van der Waals surface area (Å²) in [4.78, 5) is 22.7. The molecule has 27 heavy (non-hydrogen) atoms. The normalized spacial score (nSPS) is 15.3. The van der Waals surface area contributed by atoms with Crippen LogP contribution in [0.15, 0.2) is 35.7 Å². The van der Waals surface area contributed by atoms with Crippen molar-refractivity contribution in [1.29, 1.82) is 0 Å². The Labute approximate surface area is 171 Å². The zero-order valence-electron chi connectivity index (χ0n) is 14.8. The lowest BCUT2D eigenvalue weighted by atomic mass is 10.3. The molecule has 3 heterocycles. The molecule has 0 saturated carbocycles. The number of thiophene rings is 1. The first-order valence-corrected chi connectivity index (χ1v) is 11.0. The highest BCUT2D eigenvalue weighted by molar-refractivity contribution is 7.22. The third kappa shape index (κ3) is 4.33. The smallest absolute Gasteiger partial charge is 0.270 e. The second kappa shape index (κ2) is 8.67. The lowest BCUT2D eigenvalue weighted by Gasteiger charge is -2.27. The van der Waals surface area contributed by atoms with E-state index in [2.05, 4.69) is 9.88 Å². The molecule has 0 N–H and O–H groups in total. The van der Waals surface area contributed by atoms with Crippen LogP contribution in [-0.2, 0) is 4.74 Å². The minimum atomic E-state index is 0.00200. The maximum Gasteiger partial charge on any atom is 0.270 e. The maximum atomic E-state index is 13.1.